The quantitative estimate of drug-likeness (QED) is 0.737. The monoisotopic (exact) mass is 259 g/mol. The van der Waals surface area contributed by atoms with Crippen LogP contribution in [0.1, 0.15) is 47.5 Å². The molecule has 0 spiro atoms. The molecule has 0 amide bonds. The fraction of sp³-hybridized carbons (Fsp3) is 0.667. The first kappa shape index (κ1) is 16.1. The molecule has 0 aromatic heterocycles. The van der Waals surface area contributed by atoms with Gasteiger partial charge in [0.2, 0.25) is 0 Å². The first-order valence-electron chi connectivity index (χ1n) is 7.42. The van der Waals surface area contributed by atoms with E-state index >= 15 is 0 Å². The molecule has 1 aliphatic carbocycles. The second kappa shape index (κ2) is 6.96. The first-order valence-corrected chi connectivity index (χ1v) is 7.42. The summed E-state index contributed by atoms with van der Waals surface area (Å²) in [4.78, 5) is 0. The predicted molar refractivity (Wildman–Crippen MR) is 84.5 cm³/mol. The van der Waals surface area contributed by atoms with Crippen molar-refractivity contribution in [2.24, 2.45) is 28.9 Å². The number of hydrogen-bond donors (Lipinski definition) is 1. The molecular weight excluding hydrogens is 230 g/mol. The largest absolute Gasteiger partial charge is 0.328 e. The Morgan fingerprint density at radius 3 is 2.53 bits per heavy atom. The Bertz CT molecular complexity index is 394. The zero-order chi connectivity index (χ0) is 14.5. The fourth-order valence-electron chi connectivity index (χ4n) is 3.27. The zero-order valence-electron chi connectivity index (χ0n) is 13.1. The molecule has 1 nitrogen and oxygen atoms in total. The van der Waals surface area contributed by atoms with Crippen molar-refractivity contribution in [3.05, 3.63) is 24.3 Å². The van der Waals surface area contributed by atoms with Crippen molar-refractivity contribution in [3.8, 4) is 11.8 Å². The van der Waals surface area contributed by atoms with Crippen LogP contribution in [0.25, 0.3) is 0 Å². The van der Waals surface area contributed by atoms with Gasteiger partial charge in [0.1, 0.15) is 0 Å². The van der Waals surface area contributed by atoms with Crippen LogP contribution in [0.4, 0.5) is 0 Å². The molecule has 0 fully saturated rings. The molecular formula is C18H29N. The summed E-state index contributed by atoms with van der Waals surface area (Å²) >= 11 is 0. The summed E-state index contributed by atoms with van der Waals surface area (Å²) in [5.74, 6) is 8.01. The molecule has 0 heterocycles. The smallest absolute Gasteiger partial charge is 0.0117 e. The van der Waals surface area contributed by atoms with Crippen molar-refractivity contribution >= 4 is 0 Å². The van der Waals surface area contributed by atoms with Crippen molar-refractivity contribution in [3.63, 3.8) is 0 Å². The minimum atomic E-state index is 0.177. The number of allylic oxidation sites excluding steroid dienone is 4. The first-order chi connectivity index (χ1) is 8.90. The van der Waals surface area contributed by atoms with Gasteiger partial charge in [0.05, 0.1) is 0 Å². The highest BCUT2D eigenvalue weighted by Gasteiger charge is 2.37. The summed E-state index contributed by atoms with van der Waals surface area (Å²) < 4.78 is 0. The molecule has 106 valence electrons. The average Bonchev–Trinajstić information content (AvgIpc) is 2.34. The van der Waals surface area contributed by atoms with E-state index in [0.29, 0.717) is 17.8 Å². The molecule has 19 heavy (non-hydrogen) atoms. The van der Waals surface area contributed by atoms with Gasteiger partial charge in [-0.1, -0.05) is 45.1 Å². The van der Waals surface area contributed by atoms with Crippen molar-refractivity contribution in [1.29, 1.82) is 0 Å². The third-order valence-electron chi connectivity index (χ3n) is 4.49. The van der Waals surface area contributed by atoms with Gasteiger partial charge < -0.3 is 5.73 Å². The van der Waals surface area contributed by atoms with Crippen molar-refractivity contribution in [2.45, 2.75) is 53.5 Å². The molecule has 5 unspecified atom stereocenters. The van der Waals surface area contributed by atoms with Crippen LogP contribution in [0.15, 0.2) is 24.3 Å². The molecule has 5 atom stereocenters. The van der Waals surface area contributed by atoms with Gasteiger partial charge in [-0.2, -0.15) is 0 Å². The molecule has 0 radical (unpaired) electrons. The number of hydrogen-bond acceptors (Lipinski definition) is 1. The summed E-state index contributed by atoms with van der Waals surface area (Å²) in [7, 11) is 0. The highest BCUT2D eigenvalue weighted by atomic mass is 14.6. The van der Waals surface area contributed by atoms with E-state index in [1.54, 1.807) is 0 Å². The average molecular weight is 259 g/mol. The molecule has 0 aromatic carbocycles. The second-order valence-electron chi connectivity index (χ2n) is 6.42. The molecule has 1 aliphatic rings. The minimum absolute atomic E-state index is 0.177. The van der Waals surface area contributed by atoms with Gasteiger partial charge >= 0.3 is 0 Å². The third-order valence-corrected chi connectivity index (χ3v) is 4.49. The molecule has 0 bridgehead atoms. The molecule has 0 saturated carbocycles. The lowest BCUT2D eigenvalue weighted by Crippen LogP contribution is -2.37. The van der Waals surface area contributed by atoms with Crippen LogP contribution < -0.4 is 5.73 Å². The molecule has 2 N–H and O–H groups in total. The van der Waals surface area contributed by atoms with E-state index in [2.05, 4.69) is 63.8 Å². The Kier molecular flexibility index (Phi) is 5.88. The SMILES string of the molecule is CC#CCC(C)C(C)C1C=CC=CC1(C)CC(C)N. The van der Waals surface area contributed by atoms with Crippen LogP contribution in [-0.4, -0.2) is 6.04 Å². The van der Waals surface area contributed by atoms with E-state index in [0.717, 1.165) is 12.8 Å². The van der Waals surface area contributed by atoms with Gasteiger partial charge in [-0.15, -0.1) is 11.8 Å². The van der Waals surface area contributed by atoms with E-state index < -0.39 is 0 Å². The fourth-order valence-corrected chi connectivity index (χ4v) is 3.27. The highest BCUT2D eigenvalue weighted by molar-refractivity contribution is 5.20. The minimum Gasteiger partial charge on any atom is -0.328 e. The van der Waals surface area contributed by atoms with Gasteiger partial charge in [0.25, 0.3) is 0 Å². The van der Waals surface area contributed by atoms with Gasteiger partial charge in [-0.25, -0.2) is 0 Å². The van der Waals surface area contributed by atoms with Gasteiger partial charge in [-0.3, -0.25) is 0 Å². The van der Waals surface area contributed by atoms with E-state index in [1.165, 1.54) is 0 Å². The van der Waals surface area contributed by atoms with Crippen LogP contribution in [0.3, 0.4) is 0 Å². The van der Waals surface area contributed by atoms with Crippen LogP contribution >= 0.6 is 0 Å². The van der Waals surface area contributed by atoms with E-state index in [-0.39, 0.29) is 11.5 Å². The Morgan fingerprint density at radius 1 is 1.26 bits per heavy atom. The van der Waals surface area contributed by atoms with Crippen LogP contribution in [0.2, 0.25) is 0 Å². The summed E-state index contributed by atoms with van der Waals surface area (Å²) in [5.41, 5.74) is 6.22. The van der Waals surface area contributed by atoms with Crippen LogP contribution in [-0.2, 0) is 0 Å². The lowest BCUT2D eigenvalue weighted by atomic mass is 9.63. The van der Waals surface area contributed by atoms with E-state index in [9.17, 15) is 0 Å². The number of rotatable bonds is 5. The van der Waals surface area contributed by atoms with Crippen molar-refractivity contribution in [2.75, 3.05) is 0 Å². The van der Waals surface area contributed by atoms with Crippen LogP contribution in [0.5, 0.6) is 0 Å². The summed E-state index contributed by atoms with van der Waals surface area (Å²) in [5, 5.41) is 0. The summed E-state index contributed by atoms with van der Waals surface area (Å²) in [6.07, 6.45) is 11.1. The lowest BCUT2D eigenvalue weighted by molar-refractivity contribution is 0.163. The third kappa shape index (κ3) is 4.25. The maximum atomic E-state index is 6.05. The predicted octanol–water partition coefficient (Wildman–Crippen LogP) is 4.16. The Labute approximate surface area is 119 Å². The van der Waals surface area contributed by atoms with E-state index in [1.807, 2.05) is 6.92 Å². The van der Waals surface area contributed by atoms with Gasteiger partial charge in [0, 0.05) is 12.5 Å². The maximum Gasteiger partial charge on any atom is 0.0117 e. The normalized spacial score (nSPS) is 30.3. The van der Waals surface area contributed by atoms with Crippen LogP contribution in [0, 0.1) is 35.0 Å². The Morgan fingerprint density at radius 2 is 1.95 bits per heavy atom. The molecule has 0 aliphatic heterocycles. The molecule has 1 rings (SSSR count). The molecule has 0 saturated heterocycles. The van der Waals surface area contributed by atoms with Gasteiger partial charge in [-0.05, 0) is 43.4 Å². The summed E-state index contributed by atoms with van der Waals surface area (Å²) in [6, 6.07) is 0.238. The molecule has 1 heteroatoms. The number of nitrogens with two attached hydrogens (primary N) is 1. The van der Waals surface area contributed by atoms with Gasteiger partial charge in [0.15, 0.2) is 0 Å². The van der Waals surface area contributed by atoms with Crippen molar-refractivity contribution < 1.29 is 0 Å². The van der Waals surface area contributed by atoms with Crippen molar-refractivity contribution in [1.82, 2.24) is 0 Å². The highest BCUT2D eigenvalue weighted by Crippen LogP contribution is 2.44. The Balaban J connectivity index is 2.84. The standard InChI is InChI=1S/C18H29N/c1-6-7-10-14(2)16(4)17-11-8-9-12-18(17,5)13-15(3)19/h8-9,11-12,14-17H,10,13,19H2,1-5H3. The second-order valence-corrected chi connectivity index (χ2v) is 6.42. The Hall–Kier alpha value is -1.00. The maximum absolute atomic E-state index is 6.05. The van der Waals surface area contributed by atoms with E-state index in [4.69, 9.17) is 5.73 Å². The molecule has 0 aromatic rings. The zero-order valence-corrected chi connectivity index (χ0v) is 13.1. The lowest BCUT2D eigenvalue weighted by Gasteiger charge is -2.42. The summed E-state index contributed by atoms with van der Waals surface area (Å²) in [6.45, 7) is 11.0. The topological polar surface area (TPSA) is 26.0 Å².